The average Bonchev–Trinajstić information content (AvgIpc) is 3.56. The van der Waals surface area contributed by atoms with Crippen molar-refractivity contribution in [3.8, 4) is 17.2 Å². The summed E-state index contributed by atoms with van der Waals surface area (Å²) in [4.78, 5) is 13.5. The zero-order valence-electron chi connectivity index (χ0n) is 17.7. The van der Waals surface area contributed by atoms with Gasteiger partial charge in [0, 0.05) is 16.2 Å². The number of benzene rings is 1. The van der Waals surface area contributed by atoms with Crippen molar-refractivity contribution in [2.75, 3.05) is 26.1 Å². The van der Waals surface area contributed by atoms with Gasteiger partial charge in [-0.05, 0) is 54.2 Å². The van der Waals surface area contributed by atoms with E-state index in [1.807, 2.05) is 12.1 Å². The van der Waals surface area contributed by atoms with Gasteiger partial charge >= 0.3 is 0 Å². The molecule has 31 heavy (non-hydrogen) atoms. The lowest BCUT2D eigenvalue weighted by atomic mass is 9.81. The molecule has 3 aromatic rings. The van der Waals surface area contributed by atoms with E-state index in [-0.39, 0.29) is 11.9 Å². The van der Waals surface area contributed by atoms with E-state index in [9.17, 15) is 4.79 Å². The smallest absolute Gasteiger partial charge is 0.272 e. The zero-order valence-corrected chi connectivity index (χ0v) is 18.5. The summed E-state index contributed by atoms with van der Waals surface area (Å²) in [6.45, 7) is 2.94. The molecule has 5 rings (SSSR count). The molecule has 2 fully saturated rings. The summed E-state index contributed by atoms with van der Waals surface area (Å²) in [5.74, 6) is 4.24. The number of hydrogen-bond acceptors (Lipinski definition) is 8. The molecule has 0 saturated heterocycles. The second-order valence-electron chi connectivity index (χ2n) is 8.32. The van der Waals surface area contributed by atoms with Crippen LogP contribution in [-0.4, -0.2) is 47.4 Å². The van der Waals surface area contributed by atoms with Crippen LogP contribution in [0.4, 0.5) is 5.95 Å². The number of tetrazole rings is 1. The number of aromatic amines is 1. The molecular weight excluding hydrogens is 418 g/mol. The van der Waals surface area contributed by atoms with Gasteiger partial charge in [0.15, 0.2) is 17.2 Å². The molecule has 2 aromatic heterocycles. The van der Waals surface area contributed by atoms with Gasteiger partial charge in [-0.15, -0.1) is 16.4 Å². The van der Waals surface area contributed by atoms with Crippen LogP contribution < -0.4 is 19.5 Å². The van der Waals surface area contributed by atoms with Crippen molar-refractivity contribution in [2.45, 2.75) is 26.2 Å². The highest BCUT2D eigenvalue weighted by molar-refractivity contribution is 7.21. The molecule has 1 amide bonds. The van der Waals surface area contributed by atoms with Gasteiger partial charge in [-0.1, -0.05) is 12.0 Å². The lowest BCUT2D eigenvalue weighted by Gasteiger charge is -2.28. The number of thiophene rings is 1. The fraction of sp³-hybridized carbons (Fsp3) is 0.524. The van der Waals surface area contributed by atoms with Crippen LogP contribution in [-0.2, 0) is 0 Å². The molecule has 4 atom stereocenters. The number of amides is 1. The van der Waals surface area contributed by atoms with Gasteiger partial charge in [0.2, 0.25) is 0 Å². The maximum absolute atomic E-state index is 13.0. The number of methoxy groups -OCH3 is 2. The Morgan fingerprint density at radius 2 is 2.00 bits per heavy atom. The van der Waals surface area contributed by atoms with Crippen molar-refractivity contribution >= 4 is 33.3 Å². The third-order valence-corrected chi connectivity index (χ3v) is 8.02. The van der Waals surface area contributed by atoms with Crippen molar-refractivity contribution in [2.24, 2.45) is 23.7 Å². The molecule has 0 spiro atoms. The average molecular weight is 444 g/mol. The first-order chi connectivity index (χ1) is 15.1. The number of nitrogens with zero attached hydrogens (tertiary/aromatic N) is 3. The first-order valence-corrected chi connectivity index (χ1v) is 11.3. The number of anilines is 1. The lowest BCUT2D eigenvalue weighted by molar-refractivity contribution is 0.102. The Morgan fingerprint density at radius 1 is 1.23 bits per heavy atom. The van der Waals surface area contributed by atoms with E-state index in [0.717, 1.165) is 21.9 Å². The van der Waals surface area contributed by atoms with Crippen molar-refractivity contribution in [3.05, 3.63) is 17.0 Å². The topological polar surface area (TPSA) is 111 Å². The monoisotopic (exact) mass is 443 g/mol. The fourth-order valence-electron chi connectivity index (χ4n) is 5.23. The number of carbonyl (C=O) groups excluding carboxylic acids is 1. The minimum atomic E-state index is -0.337. The number of ether oxygens (including phenoxy) is 3. The van der Waals surface area contributed by atoms with Gasteiger partial charge in [0.25, 0.3) is 11.9 Å². The van der Waals surface area contributed by atoms with Crippen LogP contribution in [0.3, 0.4) is 0 Å². The maximum Gasteiger partial charge on any atom is 0.272 e. The lowest BCUT2D eigenvalue weighted by Crippen LogP contribution is -2.26. The number of nitrogens with one attached hydrogen (secondary N) is 2. The third kappa shape index (κ3) is 3.48. The molecule has 0 radical (unpaired) electrons. The first-order valence-electron chi connectivity index (χ1n) is 10.4. The summed E-state index contributed by atoms with van der Waals surface area (Å²) in [6, 6.07) is 3.74. The molecule has 1 aromatic carbocycles. The van der Waals surface area contributed by atoms with Gasteiger partial charge in [0.1, 0.15) is 4.88 Å². The SMILES string of the molecule is COc1cc2sc(C(=O)Nc3nn[nH]n3)c(OCC3C4CCC(C4)C3C)c2cc1OC. The van der Waals surface area contributed by atoms with Crippen molar-refractivity contribution in [1.29, 1.82) is 0 Å². The van der Waals surface area contributed by atoms with Gasteiger partial charge in [-0.3, -0.25) is 10.1 Å². The molecule has 4 unspecified atom stereocenters. The number of aromatic nitrogens is 4. The summed E-state index contributed by atoms with van der Waals surface area (Å²) in [6.07, 6.45) is 3.92. The van der Waals surface area contributed by atoms with Crippen molar-refractivity contribution in [3.63, 3.8) is 0 Å². The number of H-pyrrole nitrogens is 1. The van der Waals surface area contributed by atoms with E-state index in [4.69, 9.17) is 14.2 Å². The maximum atomic E-state index is 13.0. The highest BCUT2D eigenvalue weighted by Gasteiger charge is 2.45. The minimum Gasteiger partial charge on any atom is -0.493 e. The molecule has 0 aliphatic heterocycles. The predicted octanol–water partition coefficient (Wildman–Crippen LogP) is 3.74. The van der Waals surface area contributed by atoms with Crippen LogP contribution in [0.15, 0.2) is 12.1 Å². The summed E-state index contributed by atoms with van der Waals surface area (Å²) in [5, 5.41) is 16.9. The summed E-state index contributed by atoms with van der Waals surface area (Å²) < 4.78 is 18.2. The molecule has 2 aliphatic carbocycles. The van der Waals surface area contributed by atoms with Crippen LogP contribution >= 0.6 is 11.3 Å². The molecule has 164 valence electrons. The molecule has 9 nitrogen and oxygen atoms in total. The van der Waals surface area contributed by atoms with Crippen molar-refractivity contribution < 1.29 is 19.0 Å². The van der Waals surface area contributed by atoms with E-state index in [1.165, 1.54) is 30.6 Å². The van der Waals surface area contributed by atoms with Gasteiger partial charge in [0.05, 0.1) is 20.8 Å². The van der Waals surface area contributed by atoms with Gasteiger partial charge < -0.3 is 14.2 Å². The molecular formula is C21H25N5O4S. The van der Waals surface area contributed by atoms with Crippen molar-refractivity contribution in [1.82, 2.24) is 20.6 Å². The summed E-state index contributed by atoms with van der Waals surface area (Å²) in [5.41, 5.74) is 0. The van der Waals surface area contributed by atoms with E-state index >= 15 is 0 Å². The Hall–Kier alpha value is -2.88. The van der Waals surface area contributed by atoms with E-state index < -0.39 is 0 Å². The van der Waals surface area contributed by atoms with E-state index in [1.54, 1.807) is 14.2 Å². The normalized spacial score (nSPS) is 24.5. The minimum absolute atomic E-state index is 0.116. The first kappa shape index (κ1) is 20.0. The Bertz CT molecular complexity index is 1100. The Labute approximate surface area is 183 Å². The van der Waals surface area contributed by atoms with Crippen LogP contribution in [0, 0.1) is 23.7 Å². The molecule has 10 heteroatoms. The van der Waals surface area contributed by atoms with Crippen LogP contribution in [0.1, 0.15) is 35.9 Å². The molecule has 2 bridgehead atoms. The van der Waals surface area contributed by atoms with Crippen LogP contribution in [0.2, 0.25) is 0 Å². The van der Waals surface area contributed by atoms with E-state index in [0.29, 0.717) is 40.6 Å². The highest BCUT2D eigenvalue weighted by Crippen LogP contribution is 2.52. The Morgan fingerprint density at radius 3 is 2.68 bits per heavy atom. The number of rotatable bonds is 7. The highest BCUT2D eigenvalue weighted by atomic mass is 32.1. The van der Waals surface area contributed by atoms with Crippen LogP contribution in [0.25, 0.3) is 10.1 Å². The third-order valence-electron chi connectivity index (χ3n) is 6.88. The van der Waals surface area contributed by atoms with Gasteiger partial charge in [-0.25, -0.2) is 0 Å². The quantitative estimate of drug-likeness (QED) is 0.572. The Kier molecular flexibility index (Phi) is 5.17. The second-order valence-corrected chi connectivity index (χ2v) is 9.37. The molecule has 2 aliphatic rings. The van der Waals surface area contributed by atoms with Crippen LogP contribution in [0.5, 0.6) is 17.2 Å². The second kappa shape index (κ2) is 7.99. The Balaban J connectivity index is 1.50. The van der Waals surface area contributed by atoms with E-state index in [2.05, 4.69) is 32.9 Å². The molecule has 2 heterocycles. The zero-order chi connectivity index (χ0) is 21.5. The molecule has 2 saturated carbocycles. The summed E-state index contributed by atoms with van der Waals surface area (Å²) in [7, 11) is 3.19. The summed E-state index contributed by atoms with van der Waals surface area (Å²) >= 11 is 1.34. The van der Waals surface area contributed by atoms with Gasteiger partial charge in [-0.2, -0.15) is 5.21 Å². The fourth-order valence-corrected chi connectivity index (χ4v) is 6.28. The number of hydrogen-bond donors (Lipinski definition) is 2. The standard InChI is InChI=1S/C21H25N5O4S/c1-10-11-4-5-12(6-11)14(10)9-30-18-13-7-15(28-2)16(29-3)8-17(13)31-19(18)20(27)22-21-23-25-26-24-21/h7-8,10-12,14H,4-6,9H2,1-3H3,(H2,22,23,24,25,26,27). The largest absolute Gasteiger partial charge is 0.493 e. The number of fused-ring (bicyclic) bond motifs is 3. The predicted molar refractivity (Wildman–Crippen MR) is 116 cm³/mol. The number of carbonyl (C=O) groups is 1. The molecule has 2 N–H and O–H groups in total.